The van der Waals surface area contributed by atoms with Crippen LogP contribution < -0.4 is 0 Å². The number of hydrogen-bond acceptors (Lipinski definition) is 3. The van der Waals surface area contributed by atoms with Crippen molar-refractivity contribution in [1.82, 2.24) is 0 Å². The molecule has 0 spiro atoms. The lowest BCUT2D eigenvalue weighted by Crippen LogP contribution is -2.39. The van der Waals surface area contributed by atoms with Crippen molar-refractivity contribution >= 4 is 16.8 Å². The van der Waals surface area contributed by atoms with Gasteiger partial charge in [-0.1, -0.05) is 44.9 Å². The van der Waals surface area contributed by atoms with E-state index in [0.717, 1.165) is 49.5 Å². The Morgan fingerprint density at radius 1 is 1.26 bits per heavy atom. The average Bonchev–Trinajstić information content (AvgIpc) is 3.23. The van der Waals surface area contributed by atoms with E-state index in [0.29, 0.717) is 29.3 Å². The molecule has 0 radical (unpaired) electrons. The van der Waals surface area contributed by atoms with Gasteiger partial charge in [0.25, 0.3) is 0 Å². The Kier molecular flexibility index (Phi) is 5.15. The third-order valence-electron chi connectivity index (χ3n) is 7.53. The molecule has 2 unspecified atom stereocenters. The van der Waals surface area contributed by atoms with Gasteiger partial charge in [0.1, 0.15) is 23.2 Å². The highest BCUT2D eigenvalue weighted by molar-refractivity contribution is 5.83. The molecule has 2 saturated carbocycles. The normalized spacial score (nSPS) is 30.4. The zero-order valence-corrected chi connectivity index (χ0v) is 16.6. The van der Waals surface area contributed by atoms with Crippen LogP contribution in [0, 0.1) is 23.2 Å². The molecule has 0 amide bonds. The summed E-state index contributed by atoms with van der Waals surface area (Å²) in [6.07, 6.45) is 7.66. The molecule has 2 aliphatic carbocycles. The standard InChI is InChI=1S/C24H32O3/c1-16(18-12-13-19-20(25)10-6-14-24(18,19)2)7-5-9-21(26)23-15-17-8-3-4-11-22(17)27-23/h3-4,8,11,15-16,18-19,21,26H,5-7,9-10,12-14H2,1-2H3/t16?,18-,19+,21?,24-/m1/s1. The fourth-order valence-corrected chi connectivity index (χ4v) is 6.05. The van der Waals surface area contributed by atoms with Crippen LogP contribution in [0.25, 0.3) is 11.0 Å². The monoisotopic (exact) mass is 368 g/mol. The second-order valence-corrected chi connectivity index (χ2v) is 9.17. The minimum absolute atomic E-state index is 0.214. The molecule has 2 aromatic rings. The molecule has 1 N–H and O–H groups in total. The zero-order chi connectivity index (χ0) is 19.0. The molecule has 0 saturated heterocycles. The number of ketones is 1. The molecule has 0 bridgehead atoms. The highest BCUT2D eigenvalue weighted by atomic mass is 16.4. The number of carbonyl (C=O) groups is 1. The van der Waals surface area contributed by atoms with Gasteiger partial charge in [0.2, 0.25) is 0 Å². The fourth-order valence-electron chi connectivity index (χ4n) is 6.05. The van der Waals surface area contributed by atoms with Crippen LogP contribution in [0.2, 0.25) is 0 Å². The van der Waals surface area contributed by atoms with Gasteiger partial charge >= 0.3 is 0 Å². The van der Waals surface area contributed by atoms with Crippen molar-refractivity contribution in [3.63, 3.8) is 0 Å². The molecule has 1 aromatic heterocycles. The van der Waals surface area contributed by atoms with Crippen molar-refractivity contribution in [3.05, 3.63) is 36.1 Å². The van der Waals surface area contributed by atoms with Crippen molar-refractivity contribution in [1.29, 1.82) is 0 Å². The number of fused-ring (bicyclic) bond motifs is 2. The number of carbonyl (C=O) groups excluding carboxylic acids is 1. The third kappa shape index (κ3) is 3.47. The van der Waals surface area contributed by atoms with Crippen LogP contribution in [0.3, 0.4) is 0 Å². The van der Waals surface area contributed by atoms with E-state index in [2.05, 4.69) is 13.8 Å². The first-order valence-electron chi connectivity index (χ1n) is 10.7. The zero-order valence-electron chi connectivity index (χ0n) is 16.6. The van der Waals surface area contributed by atoms with Crippen LogP contribution in [0.1, 0.15) is 77.1 Å². The molecule has 3 heteroatoms. The molecule has 146 valence electrons. The van der Waals surface area contributed by atoms with Crippen molar-refractivity contribution in [3.8, 4) is 0 Å². The molecule has 4 rings (SSSR count). The lowest BCUT2D eigenvalue weighted by atomic mass is 9.62. The Balaban J connectivity index is 1.33. The molecular weight excluding hydrogens is 336 g/mol. The minimum Gasteiger partial charge on any atom is -0.458 e. The average molecular weight is 369 g/mol. The van der Waals surface area contributed by atoms with Gasteiger partial charge in [-0.15, -0.1) is 0 Å². The van der Waals surface area contributed by atoms with E-state index < -0.39 is 6.10 Å². The molecule has 1 aromatic carbocycles. The summed E-state index contributed by atoms with van der Waals surface area (Å²) in [4.78, 5) is 12.3. The lowest BCUT2D eigenvalue weighted by Gasteiger charge is -2.42. The summed E-state index contributed by atoms with van der Waals surface area (Å²) in [7, 11) is 0. The maximum Gasteiger partial charge on any atom is 0.136 e. The molecular formula is C24H32O3. The quantitative estimate of drug-likeness (QED) is 0.674. The minimum atomic E-state index is -0.534. The van der Waals surface area contributed by atoms with E-state index in [1.165, 1.54) is 12.8 Å². The van der Waals surface area contributed by atoms with Crippen LogP contribution in [0.5, 0.6) is 0 Å². The molecule has 3 nitrogen and oxygen atoms in total. The first-order chi connectivity index (χ1) is 13.0. The highest BCUT2D eigenvalue weighted by Gasteiger charge is 2.52. The number of para-hydroxylation sites is 1. The first kappa shape index (κ1) is 18.7. The van der Waals surface area contributed by atoms with Crippen molar-refractivity contribution in [2.75, 3.05) is 0 Å². The topological polar surface area (TPSA) is 50.4 Å². The van der Waals surface area contributed by atoms with Gasteiger partial charge < -0.3 is 9.52 Å². The Morgan fingerprint density at radius 3 is 2.89 bits per heavy atom. The van der Waals surface area contributed by atoms with E-state index in [1.54, 1.807) is 0 Å². The molecule has 5 atom stereocenters. The number of hydrogen-bond donors (Lipinski definition) is 1. The second kappa shape index (κ2) is 7.43. The summed E-state index contributed by atoms with van der Waals surface area (Å²) in [5.74, 6) is 2.75. The molecule has 27 heavy (non-hydrogen) atoms. The smallest absolute Gasteiger partial charge is 0.136 e. The van der Waals surface area contributed by atoms with E-state index in [-0.39, 0.29) is 5.41 Å². The summed E-state index contributed by atoms with van der Waals surface area (Å²) in [6.45, 7) is 4.72. The predicted molar refractivity (Wildman–Crippen MR) is 107 cm³/mol. The first-order valence-corrected chi connectivity index (χ1v) is 10.7. The number of benzene rings is 1. The number of aliphatic hydroxyl groups is 1. The van der Waals surface area contributed by atoms with Crippen LogP contribution >= 0.6 is 0 Å². The Labute approximate surface area is 162 Å². The number of Topliss-reactive ketones (excluding diaryl/α,β-unsaturated/α-hetero) is 1. The number of furan rings is 1. The molecule has 2 fully saturated rings. The van der Waals surface area contributed by atoms with E-state index >= 15 is 0 Å². The van der Waals surface area contributed by atoms with Crippen LogP contribution in [0.15, 0.2) is 34.7 Å². The van der Waals surface area contributed by atoms with Gasteiger partial charge in [0, 0.05) is 17.7 Å². The highest BCUT2D eigenvalue weighted by Crippen LogP contribution is 2.57. The van der Waals surface area contributed by atoms with Crippen molar-refractivity contribution < 1.29 is 14.3 Å². The summed E-state index contributed by atoms with van der Waals surface area (Å²) < 4.78 is 5.80. The maximum absolute atomic E-state index is 12.3. The van der Waals surface area contributed by atoms with Gasteiger partial charge in [-0.25, -0.2) is 0 Å². The van der Waals surface area contributed by atoms with Gasteiger partial charge in [0.15, 0.2) is 0 Å². The lowest BCUT2D eigenvalue weighted by molar-refractivity contribution is -0.130. The van der Waals surface area contributed by atoms with Gasteiger partial charge in [-0.3, -0.25) is 4.79 Å². The molecule has 2 aliphatic rings. The molecule has 0 aliphatic heterocycles. The summed E-state index contributed by atoms with van der Waals surface area (Å²) in [6, 6.07) is 9.85. The summed E-state index contributed by atoms with van der Waals surface area (Å²) in [5, 5.41) is 11.6. The van der Waals surface area contributed by atoms with Crippen molar-refractivity contribution in [2.45, 2.75) is 71.3 Å². The molecule has 1 heterocycles. The Hall–Kier alpha value is -1.61. The van der Waals surface area contributed by atoms with Gasteiger partial charge in [-0.2, -0.15) is 0 Å². The second-order valence-electron chi connectivity index (χ2n) is 9.17. The van der Waals surface area contributed by atoms with E-state index in [1.807, 2.05) is 30.3 Å². The number of rotatable bonds is 6. The number of aliphatic hydroxyl groups excluding tert-OH is 1. The summed E-state index contributed by atoms with van der Waals surface area (Å²) >= 11 is 0. The van der Waals surface area contributed by atoms with Crippen LogP contribution in [0.4, 0.5) is 0 Å². The Morgan fingerprint density at radius 2 is 2.07 bits per heavy atom. The predicted octanol–water partition coefficient (Wildman–Crippen LogP) is 6.06. The fraction of sp³-hybridized carbons (Fsp3) is 0.625. The van der Waals surface area contributed by atoms with Crippen LogP contribution in [-0.2, 0) is 4.79 Å². The summed E-state index contributed by atoms with van der Waals surface area (Å²) in [5.41, 5.74) is 1.05. The SMILES string of the molecule is CC(CCCC(O)c1cc2ccccc2o1)[C@H]1CC[C@H]2C(=O)CCC[C@]12C. The van der Waals surface area contributed by atoms with E-state index in [9.17, 15) is 9.90 Å². The maximum atomic E-state index is 12.3. The van der Waals surface area contributed by atoms with Crippen LogP contribution in [-0.4, -0.2) is 10.9 Å². The third-order valence-corrected chi connectivity index (χ3v) is 7.53. The van der Waals surface area contributed by atoms with Gasteiger partial charge in [-0.05, 0) is 61.5 Å². The Bertz CT molecular complexity index is 774. The van der Waals surface area contributed by atoms with Crippen molar-refractivity contribution in [2.24, 2.45) is 23.2 Å². The van der Waals surface area contributed by atoms with Gasteiger partial charge in [0.05, 0.1) is 0 Å². The largest absolute Gasteiger partial charge is 0.458 e. The van der Waals surface area contributed by atoms with E-state index in [4.69, 9.17) is 4.42 Å².